The number of oxime groups is 1. The Bertz CT molecular complexity index is 159. The van der Waals surface area contributed by atoms with E-state index in [9.17, 15) is 0 Å². The van der Waals surface area contributed by atoms with Crippen LogP contribution in [0.3, 0.4) is 0 Å². The molecule has 1 rings (SSSR count). The molecule has 1 fully saturated rings. The lowest BCUT2D eigenvalue weighted by molar-refractivity contribution is 0.0454. The second-order valence-electron chi connectivity index (χ2n) is 2.46. The Morgan fingerprint density at radius 2 is 2.45 bits per heavy atom. The summed E-state index contributed by atoms with van der Waals surface area (Å²) in [7, 11) is 0. The van der Waals surface area contributed by atoms with Gasteiger partial charge in [0.05, 0.1) is 23.7 Å². The molecule has 4 nitrogen and oxygen atoms in total. The number of rotatable bonds is 3. The average molecular weight is 176 g/mol. The van der Waals surface area contributed by atoms with Crippen LogP contribution in [0.5, 0.6) is 0 Å². The van der Waals surface area contributed by atoms with E-state index in [4.69, 9.17) is 15.7 Å². The molecule has 0 aromatic rings. The van der Waals surface area contributed by atoms with Crippen LogP contribution in [0.2, 0.25) is 0 Å². The Morgan fingerprint density at radius 1 is 1.82 bits per heavy atom. The van der Waals surface area contributed by atoms with Crippen molar-refractivity contribution in [2.24, 2.45) is 10.9 Å². The molecule has 3 N–H and O–H groups in total. The minimum atomic E-state index is 0.0777. The zero-order valence-corrected chi connectivity index (χ0v) is 7.17. The second-order valence-corrected chi connectivity index (χ2v) is 4.11. The van der Waals surface area contributed by atoms with Crippen LogP contribution in [0, 0.1) is 0 Å². The maximum absolute atomic E-state index is 8.33. The number of amidine groups is 1. The lowest BCUT2D eigenvalue weighted by atomic mass is 10.4. The average Bonchev–Trinajstić information content (AvgIpc) is 1.94. The molecule has 1 saturated heterocycles. The van der Waals surface area contributed by atoms with E-state index in [1.807, 2.05) is 6.92 Å². The number of nitrogens with two attached hydrogens (primary N) is 1. The van der Waals surface area contributed by atoms with Crippen LogP contribution in [0.25, 0.3) is 0 Å². The van der Waals surface area contributed by atoms with E-state index >= 15 is 0 Å². The molecular weight excluding hydrogens is 164 g/mol. The van der Waals surface area contributed by atoms with Crippen LogP contribution in [0.15, 0.2) is 5.16 Å². The van der Waals surface area contributed by atoms with Gasteiger partial charge in [-0.25, -0.2) is 0 Å². The third-order valence-corrected chi connectivity index (χ3v) is 2.84. The molecule has 0 amide bonds. The van der Waals surface area contributed by atoms with Crippen molar-refractivity contribution >= 4 is 17.6 Å². The number of ether oxygens (including phenoxy) is 1. The summed E-state index contributed by atoms with van der Waals surface area (Å²) in [6, 6.07) is 0. The van der Waals surface area contributed by atoms with Crippen molar-refractivity contribution in [3.8, 4) is 0 Å². The highest BCUT2D eigenvalue weighted by Gasteiger charge is 2.22. The summed E-state index contributed by atoms with van der Waals surface area (Å²) in [6.07, 6.45) is 0. The summed E-state index contributed by atoms with van der Waals surface area (Å²) in [5, 5.41) is 11.9. The van der Waals surface area contributed by atoms with E-state index in [1.165, 1.54) is 0 Å². The highest BCUT2D eigenvalue weighted by molar-refractivity contribution is 8.01. The fourth-order valence-electron chi connectivity index (χ4n) is 0.732. The van der Waals surface area contributed by atoms with Crippen LogP contribution < -0.4 is 5.73 Å². The van der Waals surface area contributed by atoms with Gasteiger partial charge in [-0.2, -0.15) is 0 Å². The standard InChI is InChI=1S/C6H12N2O2S/c1-4(6(7)8-9)11-5-2-10-3-5/h4-5,9H,2-3H2,1H3,(H2,7,8). The summed E-state index contributed by atoms with van der Waals surface area (Å²) < 4.78 is 4.99. The second kappa shape index (κ2) is 3.82. The van der Waals surface area contributed by atoms with Crippen molar-refractivity contribution < 1.29 is 9.94 Å². The van der Waals surface area contributed by atoms with Crippen molar-refractivity contribution in [2.45, 2.75) is 17.4 Å². The highest BCUT2D eigenvalue weighted by Crippen LogP contribution is 2.23. The van der Waals surface area contributed by atoms with E-state index in [-0.39, 0.29) is 11.1 Å². The first-order chi connectivity index (χ1) is 5.24. The zero-order chi connectivity index (χ0) is 8.27. The Hall–Kier alpha value is -0.420. The summed E-state index contributed by atoms with van der Waals surface area (Å²) in [5.41, 5.74) is 5.38. The molecule has 5 heteroatoms. The number of hydrogen-bond acceptors (Lipinski definition) is 4. The first kappa shape index (κ1) is 8.67. The van der Waals surface area contributed by atoms with Crippen LogP contribution in [-0.2, 0) is 4.74 Å². The van der Waals surface area contributed by atoms with E-state index in [0.29, 0.717) is 5.25 Å². The van der Waals surface area contributed by atoms with Gasteiger partial charge in [-0.05, 0) is 6.92 Å². The molecule has 1 aliphatic heterocycles. The molecule has 0 aromatic carbocycles. The first-order valence-electron chi connectivity index (χ1n) is 3.44. The van der Waals surface area contributed by atoms with Crippen LogP contribution in [0.4, 0.5) is 0 Å². The molecule has 1 atom stereocenters. The third-order valence-electron chi connectivity index (χ3n) is 1.54. The third kappa shape index (κ3) is 2.27. The zero-order valence-electron chi connectivity index (χ0n) is 6.36. The Balaban J connectivity index is 2.24. The minimum absolute atomic E-state index is 0.0777. The molecule has 1 unspecified atom stereocenters. The molecule has 1 aliphatic rings. The Kier molecular flexibility index (Phi) is 3.02. The summed E-state index contributed by atoms with van der Waals surface area (Å²) in [6.45, 7) is 3.49. The van der Waals surface area contributed by atoms with Crippen molar-refractivity contribution in [3.63, 3.8) is 0 Å². The molecule has 0 saturated carbocycles. The van der Waals surface area contributed by atoms with Crippen molar-refractivity contribution in [2.75, 3.05) is 13.2 Å². The smallest absolute Gasteiger partial charge is 0.152 e. The molecule has 0 aromatic heterocycles. The van der Waals surface area contributed by atoms with Crippen LogP contribution in [-0.4, -0.2) is 34.8 Å². The quantitative estimate of drug-likeness (QED) is 0.280. The fraction of sp³-hybridized carbons (Fsp3) is 0.833. The minimum Gasteiger partial charge on any atom is -0.409 e. The van der Waals surface area contributed by atoms with Crippen LogP contribution in [0.1, 0.15) is 6.92 Å². The van der Waals surface area contributed by atoms with Crippen molar-refractivity contribution in [1.82, 2.24) is 0 Å². The van der Waals surface area contributed by atoms with Gasteiger partial charge < -0.3 is 15.7 Å². The Morgan fingerprint density at radius 3 is 2.82 bits per heavy atom. The highest BCUT2D eigenvalue weighted by atomic mass is 32.2. The maximum Gasteiger partial charge on any atom is 0.152 e. The molecule has 11 heavy (non-hydrogen) atoms. The van der Waals surface area contributed by atoms with E-state index in [0.717, 1.165) is 13.2 Å². The molecule has 0 bridgehead atoms. The van der Waals surface area contributed by atoms with E-state index < -0.39 is 0 Å². The molecule has 0 aliphatic carbocycles. The van der Waals surface area contributed by atoms with Gasteiger partial charge in [0.15, 0.2) is 5.84 Å². The van der Waals surface area contributed by atoms with Crippen molar-refractivity contribution in [3.05, 3.63) is 0 Å². The maximum atomic E-state index is 8.33. The van der Waals surface area contributed by atoms with Gasteiger partial charge in [0.2, 0.25) is 0 Å². The topological polar surface area (TPSA) is 67.8 Å². The lowest BCUT2D eigenvalue weighted by Crippen LogP contribution is -2.35. The molecule has 0 spiro atoms. The number of nitrogens with zero attached hydrogens (tertiary/aromatic N) is 1. The SMILES string of the molecule is CC(SC1COC1)C(N)=NO. The van der Waals surface area contributed by atoms with Gasteiger partial charge >= 0.3 is 0 Å². The number of hydrogen-bond donors (Lipinski definition) is 2. The molecular formula is C6H12N2O2S. The summed E-state index contributed by atoms with van der Waals surface area (Å²) in [4.78, 5) is 0. The van der Waals surface area contributed by atoms with Gasteiger partial charge in [0.25, 0.3) is 0 Å². The van der Waals surface area contributed by atoms with Gasteiger partial charge in [-0.15, -0.1) is 11.8 Å². The predicted octanol–water partition coefficient (Wildman–Crippen LogP) is 0.253. The first-order valence-corrected chi connectivity index (χ1v) is 4.39. The largest absolute Gasteiger partial charge is 0.409 e. The van der Waals surface area contributed by atoms with Gasteiger partial charge in [0, 0.05) is 0 Å². The summed E-state index contributed by atoms with van der Waals surface area (Å²) in [5.74, 6) is 0.280. The van der Waals surface area contributed by atoms with E-state index in [1.54, 1.807) is 11.8 Å². The van der Waals surface area contributed by atoms with E-state index in [2.05, 4.69) is 5.16 Å². The van der Waals surface area contributed by atoms with Gasteiger partial charge in [-0.1, -0.05) is 5.16 Å². The van der Waals surface area contributed by atoms with Gasteiger partial charge in [0.1, 0.15) is 0 Å². The normalized spacial score (nSPS) is 22.8. The summed E-state index contributed by atoms with van der Waals surface area (Å²) >= 11 is 1.68. The molecule has 0 radical (unpaired) electrons. The fourth-order valence-corrected chi connectivity index (χ4v) is 1.85. The monoisotopic (exact) mass is 176 g/mol. The van der Waals surface area contributed by atoms with Crippen molar-refractivity contribution in [1.29, 1.82) is 0 Å². The predicted molar refractivity (Wildman–Crippen MR) is 45.1 cm³/mol. The molecule has 64 valence electrons. The molecule has 1 heterocycles. The van der Waals surface area contributed by atoms with Gasteiger partial charge in [-0.3, -0.25) is 0 Å². The number of thioether (sulfide) groups is 1. The van der Waals surface area contributed by atoms with Crippen LogP contribution >= 0.6 is 11.8 Å². The Labute approximate surface area is 69.8 Å². The lowest BCUT2D eigenvalue weighted by Gasteiger charge is -2.27.